The van der Waals surface area contributed by atoms with Gasteiger partial charge < -0.3 is 0 Å². The first-order chi connectivity index (χ1) is 6.74. The van der Waals surface area contributed by atoms with Gasteiger partial charge in [0.25, 0.3) is 0 Å². The van der Waals surface area contributed by atoms with Crippen molar-refractivity contribution in [3.05, 3.63) is 35.2 Å². The van der Waals surface area contributed by atoms with Gasteiger partial charge in [-0.25, -0.2) is 0 Å². The average molecular weight is 186 g/mol. The van der Waals surface area contributed by atoms with Gasteiger partial charge in [-0.1, -0.05) is 0 Å². The molecule has 0 fully saturated rings. The minimum atomic E-state index is 0.646. The van der Waals surface area contributed by atoms with Crippen LogP contribution in [0.3, 0.4) is 0 Å². The fraction of sp³-hybridized carbons (Fsp3) is 0.182. The number of nitrogens with zero attached hydrogens (tertiary/aromatic N) is 2. The first-order valence-corrected chi connectivity index (χ1v) is 4.41. The molecule has 0 aliphatic rings. The summed E-state index contributed by atoms with van der Waals surface area (Å²) in [5.74, 6) is 0. The highest BCUT2D eigenvalue weighted by molar-refractivity contribution is 5.95. The van der Waals surface area contributed by atoms with E-state index in [4.69, 9.17) is 0 Å². The van der Waals surface area contributed by atoms with Gasteiger partial charge in [0.05, 0.1) is 11.0 Å². The second-order valence-corrected chi connectivity index (χ2v) is 3.22. The Balaban J connectivity index is 2.96. The summed E-state index contributed by atoms with van der Waals surface area (Å²) in [4.78, 5) is 19.4. The van der Waals surface area contributed by atoms with E-state index in [9.17, 15) is 4.79 Å². The first-order valence-electron chi connectivity index (χ1n) is 4.41. The van der Waals surface area contributed by atoms with Crippen LogP contribution in [0.15, 0.2) is 18.3 Å². The highest BCUT2D eigenvalue weighted by atomic mass is 16.1. The summed E-state index contributed by atoms with van der Waals surface area (Å²) in [5.41, 5.74) is 3.90. The van der Waals surface area contributed by atoms with E-state index in [2.05, 4.69) is 9.97 Å². The number of rotatable bonds is 1. The molecule has 3 nitrogen and oxygen atoms in total. The predicted octanol–water partition coefficient (Wildman–Crippen LogP) is 2.06. The van der Waals surface area contributed by atoms with Crippen LogP contribution >= 0.6 is 0 Å². The number of fused-ring (bicyclic) bond motifs is 1. The summed E-state index contributed by atoms with van der Waals surface area (Å²) in [5, 5.41) is 0. The van der Waals surface area contributed by atoms with Crippen molar-refractivity contribution in [2.24, 2.45) is 0 Å². The molecule has 0 aliphatic carbocycles. The molecule has 0 unspecified atom stereocenters. The van der Waals surface area contributed by atoms with E-state index in [-0.39, 0.29) is 0 Å². The normalized spacial score (nSPS) is 10.4. The summed E-state index contributed by atoms with van der Waals surface area (Å²) in [6.45, 7) is 3.79. The molecule has 0 saturated heterocycles. The Hall–Kier alpha value is -1.77. The summed E-state index contributed by atoms with van der Waals surface area (Å²) in [6.07, 6.45) is 2.52. The van der Waals surface area contributed by atoms with Crippen LogP contribution in [0.5, 0.6) is 0 Å². The fourth-order valence-electron chi connectivity index (χ4n) is 1.48. The van der Waals surface area contributed by atoms with Crippen molar-refractivity contribution in [3.63, 3.8) is 0 Å². The quantitative estimate of drug-likeness (QED) is 0.640. The Labute approximate surface area is 81.8 Å². The first kappa shape index (κ1) is 8.81. The van der Waals surface area contributed by atoms with Crippen molar-refractivity contribution in [1.29, 1.82) is 0 Å². The number of aromatic nitrogens is 2. The summed E-state index contributed by atoms with van der Waals surface area (Å²) >= 11 is 0. The minimum Gasteiger partial charge on any atom is -0.298 e. The third-order valence-electron chi connectivity index (χ3n) is 2.39. The maximum atomic E-state index is 10.9. The van der Waals surface area contributed by atoms with Gasteiger partial charge in [-0.2, -0.15) is 0 Å². The molecule has 0 aromatic carbocycles. The van der Waals surface area contributed by atoms with E-state index >= 15 is 0 Å². The second-order valence-electron chi connectivity index (χ2n) is 3.22. The lowest BCUT2D eigenvalue weighted by atomic mass is 10.1. The average Bonchev–Trinajstić information content (AvgIpc) is 2.20. The smallest absolute Gasteiger partial charge is 0.152 e. The molecule has 0 amide bonds. The summed E-state index contributed by atoms with van der Waals surface area (Å²) < 4.78 is 0. The van der Waals surface area contributed by atoms with Crippen LogP contribution < -0.4 is 0 Å². The lowest BCUT2D eigenvalue weighted by Crippen LogP contribution is -1.97. The third kappa shape index (κ3) is 1.18. The van der Waals surface area contributed by atoms with Gasteiger partial charge in [-0.15, -0.1) is 0 Å². The van der Waals surface area contributed by atoms with Gasteiger partial charge in [0.15, 0.2) is 6.29 Å². The zero-order valence-electron chi connectivity index (χ0n) is 8.11. The highest BCUT2D eigenvalue weighted by Gasteiger charge is 2.08. The van der Waals surface area contributed by atoms with Crippen LogP contribution in [-0.4, -0.2) is 16.3 Å². The molecule has 0 saturated carbocycles. The molecule has 0 N–H and O–H groups in total. The fourth-order valence-corrected chi connectivity index (χ4v) is 1.48. The molecule has 2 rings (SSSR count). The van der Waals surface area contributed by atoms with Gasteiger partial charge in [-0.3, -0.25) is 14.8 Å². The largest absolute Gasteiger partial charge is 0.298 e. The Kier molecular flexibility index (Phi) is 2.00. The molecule has 0 spiro atoms. The number of aryl methyl sites for hydroxylation is 1. The molecule has 3 heteroatoms. The zero-order valence-corrected chi connectivity index (χ0v) is 8.11. The number of pyridine rings is 2. The van der Waals surface area contributed by atoms with E-state index in [1.54, 1.807) is 6.20 Å². The second kappa shape index (κ2) is 3.18. The third-order valence-corrected chi connectivity index (χ3v) is 2.39. The maximum Gasteiger partial charge on any atom is 0.152 e. The number of carbonyl (C=O) groups excluding carboxylic acids is 1. The van der Waals surface area contributed by atoms with Gasteiger partial charge in [0.1, 0.15) is 0 Å². The van der Waals surface area contributed by atoms with Crippen LogP contribution in [0.1, 0.15) is 21.6 Å². The van der Waals surface area contributed by atoms with Crippen LogP contribution in [0, 0.1) is 13.8 Å². The molecule has 70 valence electrons. The summed E-state index contributed by atoms with van der Waals surface area (Å²) in [7, 11) is 0. The summed E-state index contributed by atoms with van der Waals surface area (Å²) in [6, 6.07) is 3.68. The Morgan fingerprint density at radius 1 is 1.36 bits per heavy atom. The topological polar surface area (TPSA) is 42.9 Å². The molecular weight excluding hydrogens is 176 g/mol. The maximum absolute atomic E-state index is 10.9. The Morgan fingerprint density at radius 3 is 2.86 bits per heavy atom. The molecule has 2 aromatic heterocycles. The van der Waals surface area contributed by atoms with Crippen molar-refractivity contribution in [2.75, 3.05) is 0 Å². The highest BCUT2D eigenvalue weighted by Crippen LogP contribution is 2.18. The van der Waals surface area contributed by atoms with Crippen molar-refractivity contribution in [2.45, 2.75) is 13.8 Å². The lowest BCUT2D eigenvalue weighted by Gasteiger charge is -2.05. The van der Waals surface area contributed by atoms with Crippen molar-refractivity contribution in [3.8, 4) is 0 Å². The molecule has 14 heavy (non-hydrogen) atoms. The molecule has 0 atom stereocenters. The number of hydrogen-bond acceptors (Lipinski definition) is 3. The van der Waals surface area contributed by atoms with E-state index in [1.165, 1.54) is 0 Å². The predicted molar refractivity (Wildman–Crippen MR) is 54.4 cm³/mol. The molecule has 0 bridgehead atoms. The van der Waals surface area contributed by atoms with Crippen molar-refractivity contribution < 1.29 is 4.79 Å². The van der Waals surface area contributed by atoms with E-state index in [0.29, 0.717) is 11.1 Å². The van der Waals surface area contributed by atoms with E-state index < -0.39 is 0 Å². The number of hydrogen-bond donors (Lipinski definition) is 0. The molecule has 2 aromatic rings. The van der Waals surface area contributed by atoms with Crippen LogP contribution in [0.25, 0.3) is 11.0 Å². The Morgan fingerprint density at radius 2 is 2.14 bits per heavy atom. The van der Waals surface area contributed by atoms with Gasteiger partial charge in [0.2, 0.25) is 0 Å². The number of aldehydes is 1. The van der Waals surface area contributed by atoms with Crippen LogP contribution in [0.2, 0.25) is 0 Å². The number of carbonyl (C=O) groups is 1. The molecular formula is C11H10N2O. The lowest BCUT2D eigenvalue weighted by molar-refractivity contribution is 0.112. The zero-order chi connectivity index (χ0) is 10.1. The van der Waals surface area contributed by atoms with Gasteiger partial charge >= 0.3 is 0 Å². The molecule has 2 heterocycles. The molecule has 0 aliphatic heterocycles. The monoisotopic (exact) mass is 186 g/mol. The molecule has 0 radical (unpaired) electrons. The van der Waals surface area contributed by atoms with Crippen molar-refractivity contribution in [1.82, 2.24) is 9.97 Å². The van der Waals surface area contributed by atoms with Crippen molar-refractivity contribution >= 4 is 17.3 Å². The Bertz CT molecular complexity index is 506. The SMILES string of the molecule is Cc1nc2cccnc2c(C=O)c1C. The van der Waals surface area contributed by atoms with Crippen LogP contribution in [-0.2, 0) is 0 Å². The minimum absolute atomic E-state index is 0.646. The van der Waals surface area contributed by atoms with E-state index in [1.807, 2.05) is 26.0 Å². The van der Waals surface area contributed by atoms with Gasteiger partial charge in [-0.05, 0) is 31.5 Å². The van der Waals surface area contributed by atoms with Gasteiger partial charge in [0, 0.05) is 17.5 Å². The standard InChI is InChI=1S/C11H10N2O/c1-7-8(2)13-10-4-3-5-12-11(10)9(7)6-14/h3-6H,1-2H3. The van der Waals surface area contributed by atoms with E-state index in [0.717, 1.165) is 23.1 Å². The van der Waals surface area contributed by atoms with Crippen LogP contribution in [0.4, 0.5) is 0 Å².